The summed E-state index contributed by atoms with van der Waals surface area (Å²) in [5, 5.41) is 19.4. The van der Waals surface area contributed by atoms with Crippen LogP contribution in [0.5, 0.6) is 5.75 Å². The number of hydrogen-bond donors (Lipinski definition) is 2. The molecule has 0 aromatic heterocycles. The van der Waals surface area contributed by atoms with E-state index in [1.54, 1.807) is 12.1 Å². The number of amides is 1. The summed E-state index contributed by atoms with van der Waals surface area (Å²) in [5.41, 5.74) is 0.677. The van der Waals surface area contributed by atoms with E-state index in [0.717, 1.165) is 18.2 Å². The number of nitrogens with zero attached hydrogens (tertiary/aromatic N) is 1. The van der Waals surface area contributed by atoms with Crippen molar-refractivity contribution in [3.05, 3.63) is 65.2 Å². The number of benzene rings is 2. The van der Waals surface area contributed by atoms with Gasteiger partial charge in [0.05, 0.1) is 18.6 Å². The molecule has 2 atom stereocenters. The number of phenolic OH excluding ortho intramolecular Hbond substituents is 1. The molecule has 6 heteroatoms. The van der Waals surface area contributed by atoms with Gasteiger partial charge < -0.3 is 15.1 Å². The molecule has 0 spiro atoms. The van der Waals surface area contributed by atoms with E-state index in [1.807, 2.05) is 0 Å². The molecule has 0 saturated carbocycles. The molecular formula is C18H17F2NO3. The third-order valence-electron chi connectivity index (χ3n) is 4.18. The number of likely N-dealkylation sites (tertiary alicyclic amines) is 1. The van der Waals surface area contributed by atoms with E-state index in [2.05, 4.69) is 0 Å². The smallest absolute Gasteiger partial charge is 0.227 e. The van der Waals surface area contributed by atoms with E-state index < -0.39 is 23.8 Å². The Morgan fingerprint density at radius 2 is 2.00 bits per heavy atom. The van der Waals surface area contributed by atoms with Gasteiger partial charge in [-0.15, -0.1) is 0 Å². The number of halogens is 2. The van der Waals surface area contributed by atoms with Gasteiger partial charge in [0.1, 0.15) is 17.4 Å². The normalized spacial score (nSPS) is 20.4. The summed E-state index contributed by atoms with van der Waals surface area (Å²) >= 11 is 0. The SMILES string of the molecule is O=C(Cc1cccc(O)c1)N1C[C@H](O)C[C@@H]1c1cc(F)ccc1F. The summed E-state index contributed by atoms with van der Waals surface area (Å²) in [6.07, 6.45) is -0.619. The van der Waals surface area contributed by atoms with Crippen LogP contribution in [0.2, 0.25) is 0 Å². The summed E-state index contributed by atoms with van der Waals surface area (Å²) in [6, 6.07) is 8.69. The summed E-state index contributed by atoms with van der Waals surface area (Å²) in [7, 11) is 0. The van der Waals surface area contributed by atoms with Gasteiger partial charge in [0, 0.05) is 12.1 Å². The van der Waals surface area contributed by atoms with Gasteiger partial charge in [-0.2, -0.15) is 0 Å². The fourth-order valence-corrected chi connectivity index (χ4v) is 3.10. The number of rotatable bonds is 3. The minimum absolute atomic E-state index is 0.00849. The van der Waals surface area contributed by atoms with Gasteiger partial charge in [0.2, 0.25) is 5.91 Å². The number of aliphatic hydroxyl groups excluding tert-OH is 1. The number of carbonyl (C=O) groups is 1. The van der Waals surface area contributed by atoms with E-state index in [1.165, 1.54) is 17.0 Å². The summed E-state index contributed by atoms with van der Waals surface area (Å²) < 4.78 is 27.5. The number of aromatic hydroxyl groups is 1. The summed E-state index contributed by atoms with van der Waals surface area (Å²) in [4.78, 5) is 13.9. The Balaban J connectivity index is 1.85. The van der Waals surface area contributed by atoms with Gasteiger partial charge in [-0.3, -0.25) is 4.79 Å². The van der Waals surface area contributed by atoms with Gasteiger partial charge in [-0.05, 0) is 42.3 Å². The van der Waals surface area contributed by atoms with Crippen LogP contribution < -0.4 is 0 Å². The fraction of sp³-hybridized carbons (Fsp3) is 0.278. The maximum Gasteiger partial charge on any atom is 0.227 e. The van der Waals surface area contributed by atoms with Gasteiger partial charge in [0.25, 0.3) is 0 Å². The molecule has 0 aliphatic carbocycles. The molecule has 0 bridgehead atoms. The molecule has 1 saturated heterocycles. The average Bonchev–Trinajstić information content (AvgIpc) is 2.91. The van der Waals surface area contributed by atoms with E-state index in [0.29, 0.717) is 5.56 Å². The van der Waals surface area contributed by atoms with Crippen LogP contribution in [0.3, 0.4) is 0 Å². The number of β-amino-alcohol motifs (C(OH)–C–C–N with tert-alkyl or cyclic N) is 1. The van der Waals surface area contributed by atoms with Crippen molar-refractivity contribution in [2.75, 3.05) is 6.54 Å². The van der Waals surface area contributed by atoms with Crippen LogP contribution in [0.1, 0.15) is 23.6 Å². The zero-order valence-electron chi connectivity index (χ0n) is 12.8. The van der Waals surface area contributed by atoms with Crippen LogP contribution in [0, 0.1) is 11.6 Å². The lowest BCUT2D eigenvalue weighted by molar-refractivity contribution is -0.131. The standard InChI is InChI=1S/C18H17F2NO3/c19-12-4-5-16(20)15(8-12)17-9-14(23)10-21(17)18(24)7-11-2-1-3-13(22)6-11/h1-6,8,14,17,22-23H,7,9-10H2/t14-,17-/m1/s1. The van der Waals surface area contributed by atoms with Crippen molar-refractivity contribution >= 4 is 5.91 Å². The average molecular weight is 333 g/mol. The van der Waals surface area contributed by atoms with E-state index in [9.17, 15) is 23.8 Å². The molecule has 0 radical (unpaired) electrons. The Bertz CT molecular complexity index is 766. The lowest BCUT2D eigenvalue weighted by atomic mass is 10.0. The quantitative estimate of drug-likeness (QED) is 0.907. The fourth-order valence-electron chi connectivity index (χ4n) is 3.10. The minimum atomic E-state index is -0.786. The zero-order valence-corrected chi connectivity index (χ0v) is 12.8. The van der Waals surface area contributed by atoms with Crippen LogP contribution >= 0.6 is 0 Å². The largest absolute Gasteiger partial charge is 0.508 e. The van der Waals surface area contributed by atoms with Gasteiger partial charge >= 0.3 is 0 Å². The molecule has 1 heterocycles. The molecule has 4 nitrogen and oxygen atoms in total. The molecule has 2 aromatic carbocycles. The third kappa shape index (κ3) is 3.38. The highest BCUT2D eigenvalue weighted by Gasteiger charge is 2.36. The Kier molecular flexibility index (Phi) is 4.49. The second-order valence-corrected chi connectivity index (χ2v) is 5.96. The van der Waals surface area contributed by atoms with Gasteiger partial charge in [-0.1, -0.05) is 12.1 Å². The number of aliphatic hydroxyl groups is 1. The molecule has 126 valence electrons. The van der Waals surface area contributed by atoms with Crippen molar-refractivity contribution in [1.29, 1.82) is 0 Å². The molecule has 2 N–H and O–H groups in total. The molecule has 1 amide bonds. The highest BCUT2D eigenvalue weighted by molar-refractivity contribution is 5.79. The number of phenols is 1. The number of carbonyl (C=O) groups excluding carboxylic acids is 1. The zero-order chi connectivity index (χ0) is 17.3. The topological polar surface area (TPSA) is 60.8 Å². The first kappa shape index (κ1) is 16.4. The lowest BCUT2D eigenvalue weighted by Crippen LogP contribution is -2.33. The van der Waals surface area contributed by atoms with E-state index >= 15 is 0 Å². The predicted octanol–water partition coefficient (Wildman–Crippen LogP) is 2.55. The van der Waals surface area contributed by atoms with Crippen LogP contribution in [-0.2, 0) is 11.2 Å². The first-order valence-corrected chi connectivity index (χ1v) is 7.64. The van der Waals surface area contributed by atoms with Crippen molar-refractivity contribution in [3.63, 3.8) is 0 Å². The minimum Gasteiger partial charge on any atom is -0.508 e. The molecule has 3 rings (SSSR count). The maximum atomic E-state index is 14.0. The van der Waals surface area contributed by atoms with Crippen molar-refractivity contribution in [2.24, 2.45) is 0 Å². The Morgan fingerprint density at radius 3 is 2.75 bits per heavy atom. The first-order valence-electron chi connectivity index (χ1n) is 7.64. The van der Waals surface area contributed by atoms with Crippen LogP contribution in [0.25, 0.3) is 0 Å². The Labute approximate surface area is 138 Å². The van der Waals surface area contributed by atoms with Gasteiger partial charge in [-0.25, -0.2) is 8.78 Å². The van der Waals surface area contributed by atoms with Crippen molar-refractivity contribution in [1.82, 2.24) is 4.90 Å². The Hall–Kier alpha value is -2.47. The first-order chi connectivity index (χ1) is 11.4. The highest BCUT2D eigenvalue weighted by Crippen LogP contribution is 2.34. The predicted molar refractivity (Wildman–Crippen MR) is 83.2 cm³/mol. The number of hydrogen-bond acceptors (Lipinski definition) is 3. The molecule has 0 unspecified atom stereocenters. The van der Waals surface area contributed by atoms with Gasteiger partial charge in [0.15, 0.2) is 0 Å². The van der Waals surface area contributed by atoms with Crippen LogP contribution in [-0.4, -0.2) is 33.7 Å². The maximum absolute atomic E-state index is 14.0. The van der Waals surface area contributed by atoms with Crippen LogP contribution in [0.4, 0.5) is 8.78 Å². The molecule has 1 fully saturated rings. The van der Waals surface area contributed by atoms with Crippen molar-refractivity contribution < 1.29 is 23.8 Å². The summed E-state index contributed by atoms with van der Waals surface area (Å²) in [5.74, 6) is -1.46. The molecule has 1 aliphatic heterocycles. The molecule has 1 aliphatic rings. The Morgan fingerprint density at radius 1 is 1.21 bits per heavy atom. The second-order valence-electron chi connectivity index (χ2n) is 5.96. The molecule has 24 heavy (non-hydrogen) atoms. The highest BCUT2D eigenvalue weighted by atomic mass is 19.1. The monoisotopic (exact) mass is 333 g/mol. The third-order valence-corrected chi connectivity index (χ3v) is 4.18. The second kappa shape index (κ2) is 6.57. The molecule has 2 aromatic rings. The molecular weight excluding hydrogens is 316 g/mol. The summed E-state index contributed by atoms with van der Waals surface area (Å²) in [6.45, 7) is 0.0677. The van der Waals surface area contributed by atoms with Crippen molar-refractivity contribution in [3.8, 4) is 5.75 Å². The van der Waals surface area contributed by atoms with E-state index in [4.69, 9.17) is 0 Å². The van der Waals surface area contributed by atoms with Crippen LogP contribution in [0.15, 0.2) is 42.5 Å². The lowest BCUT2D eigenvalue weighted by Gasteiger charge is -2.25. The van der Waals surface area contributed by atoms with Crippen molar-refractivity contribution in [2.45, 2.75) is 25.0 Å². The van der Waals surface area contributed by atoms with E-state index in [-0.39, 0.29) is 36.6 Å².